The smallest absolute Gasteiger partial charge is 0.0937 e. The second-order valence-corrected chi connectivity index (χ2v) is 2.54. The van der Waals surface area contributed by atoms with Crippen LogP contribution in [0, 0.1) is 0 Å². The van der Waals surface area contributed by atoms with Crippen molar-refractivity contribution in [1.82, 2.24) is 0 Å². The van der Waals surface area contributed by atoms with E-state index in [1.807, 2.05) is 0 Å². The summed E-state index contributed by atoms with van der Waals surface area (Å²) in [6.07, 6.45) is 2.06. The summed E-state index contributed by atoms with van der Waals surface area (Å²) in [5.74, 6) is 0.383. The number of hydrogen-bond donors (Lipinski definition) is 2. The summed E-state index contributed by atoms with van der Waals surface area (Å²) in [6, 6.07) is 0. The lowest BCUT2D eigenvalue weighted by Gasteiger charge is -2.18. The SMILES string of the molecule is CC1=C(O)CCCC1O. The van der Waals surface area contributed by atoms with E-state index in [0.717, 1.165) is 24.8 Å². The van der Waals surface area contributed by atoms with Crippen LogP contribution >= 0.6 is 0 Å². The molecule has 0 saturated carbocycles. The topological polar surface area (TPSA) is 40.5 Å². The highest BCUT2D eigenvalue weighted by atomic mass is 16.3. The Bertz CT molecular complexity index is 138. The van der Waals surface area contributed by atoms with Gasteiger partial charge in [0.1, 0.15) is 0 Å². The van der Waals surface area contributed by atoms with Gasteiger partial charge in [-0.1, -0.05) is 0 Å². The molecule has 1 aliphatic rings. The molecule has 0 aromatic carbocycles. The Morgan fingerprint density at radius 1 is 1.56 bits per heavy atom. The molecule has 0 spiro atoms. The lowest BCUT2D eigenvalue weighted by Crippen LogP contribution is -2.14. The van der Waals surface area contributed by atoms with Crippen molar-refractivity contribution in [2.45, 2.75) is 32.3 Å². The summed E-state index contributed by atoms with van der Waals surface area (Å²) in [6.45, 7) is 1.78. The van der Waals surface area contributed by atoms with Gasteiger partial charge in [-0.25, -0.2) is 0 Å². The van der Waals surface area contributed by atoms with Gasteiger partial charge in [0.25, 0.3) is 0 Å². The lowest BCUT2D eigenvalue weighted by molar-refractivity contribution is 0.173. The van der Waals surface area contributed by atoms with E-state index in [4.69, 9.17) is 10.2 Å². The standard InChI is InChI=1S/C7H12O2/c1-5-6(8)3-2-4-7(5)9/h6,8-9H,2-4H2,1H3. The first-order chi connectivity index (χ1) is 4.22. The quantitative estimate of drug-likeness (QED) is 0.517. The highest BCUT2D eigenvalue weighted by Gasteiger charge is 2.15. The van der Waals surface area contributed by atoms with Crippen molar-refractivity contribution in [2.24, 2.45) is 0 Å². The van der Waals surface area contributed by atoms with E-state index in [1.54, 1.807) is 6.92 Å². The fraction of sp³-hybridized carbons (Fsp3) is 0.714. The van der Waals surface area contributed by atoms with Gasteiger partial charge in [-0.3, -0.25) is 0 Å². The molecular weight excluding hydrogens is 116 g/mol. The van der Waals surface area contributed by atoms with Crippen LogP contribution in [0.3, 0.4) is 0 Å². The first kappa shape index (κ1) is 6.62. The summed E-state index contributed by atoms with van der Waals surface area (Å²) < 4.78 is 0. The predicted octanol–water partition coefficient (Wildman–Crippen LogP) is 1.36. The van der Waals surface area contributed by atoms with Gasteiger partial charge in [0.05, 0.1) is 11.9 Å². The molecule has 0 aromatic heterocycles. The first-order valence-electron chi connectivity index (χ1n) is 3.28. The molecule has 0 saturated heterocycles. The first-order valence-corrected chi connectivity index (χ1v) is 3.28. The number of hydrogen-bond acceptors (Lipinski definition) is 2. The zero-order chi connectivity index (χ0) is 6.85. The fourth-order valence-electron chi connectivity index (χ4n) is 1.07. The van der Waals surface area contributed by atoms with Crippen molar-refractivity contribution in [3.05, 3.63) is 11.3 Å². The molecule has 52 valence electrons. The number of aliphatic hydroxyl groups excluding tert-OH is 2. The normalized spacial score (nSPS) is 28.9. The average molecular weight is 128 g/mol. The number of aliphatic hydroxyl groups is 2. The van der Waals surface area contributed by atoms with Gasteiger partial charge >= 0.3 is 0 Å². The second kappa shape index (κ2) is 2.40. The summed E-state index contributed by atoms with van der Waals surface area (Å²) in [5, 5.41) is 18.2. The summed E-state index contributed by atoms with van der Waals surface area (Å²) in [4.78, 5) is 0. The molecule has 0 fully saturated rings. The van der Waals surface area contributed by atoms with Gasteiger partial charge in [0.2, 0.25) is 0 Å². The summed E-state index contributed by atoms with van der Waals surface area (Å²) in [7, 11) is 0. The van der Waals surface area contributed by atoms with Crippen LogP contribution in [0.15, 0.2) is 11.3 Å². The molecule has 0 bridgehead atoms. The third-order valence-corrected chi connectivity index (χ3v) is 1.85. The van der Waals surface area contributed by atoms with Crippen molar-refractivity contribution < 1.29 is 10.2 Å². The minimum atomic E-state index is -0.390. The maximum Gasteiger partial charge on any atom is 0.0937 e. The highest BCUT2D eigenvalue weighted by molar-refractivity contribution is 5.12. The van der Waals surface area contributed by atoms with Crippen molar-refractivity contribution in [1.29, 1.82) is 0 Å². The van der Waals surface area contributed by atoms with Gasteiger partial charge < -0.3 is 10.2 Å². The molecule has 1 rings (SSSR count). The van der Waals surface area contributed by atoms with E-state index < -0.39 is 6.10 Å². The molecule has 1 aliphatic carbocycles. The van der Waals surface area contributed by atoms with Crippen molar-refractivity contribution in [3.8, 4) is 0 Å². The molecule has 2 heteroatoms. The van der Waals surface area contributed by atoms with Crippen LogP contribution < -0.4 is 0 Å². The van der Waals surface area contributed by atoms with Crippen LogP contribution in [0.25, 0.3) is 0 Å². The maximum atomic E-state index is 9.13. The Balaban J connectivity index is 2.72. The average Bonchev–Trinajstić information content (AvgIpc) is 1.83. The van der Waals surface area contributed by atoms with Crippen LogP contribution in [0.1, 0.15) is 26.2 Å². The van der Waals surface area contributed by atoms with E-state index in [9.17, 15) is 0 Å². The van der Waals surface area contributed by atoms with Crippen LogP contribution in [-0.2, 0) is 0 Å². The largest absolute Gasteiger partial charge is 0.512 e. The monoisotopic (exact) mass is 128 g/mol. The highest BCUT2D eigenvalue weighted by Crippen LogP contribution is 2.22. The van der Waals surface area contributed by atoms with Gasteiger partial charge in [0.15, 0.2) is 0 Å². The van der Waals surface area contributed by atoms with E-state index >= 15 is 0 Å². The third kappa shape index (κ3) is 1.24. The Hall–Kier alpha value is -0.500. The Morgan fingerprint density at radius 2 is 2.22 bits per heavy atom. The molecule has 0 heterocycles. The van der Waals surface area contributed by atoms with Crippen molar-refractivity contribution in [3.63, 3.8) is 0 Å². The van der Waals surface area contributed by atoms with E-state index in [0.29, 0.717) is 5.76 Å². The second-order valence-electron chi connectivity index (χ2n) is 2.54. The molecule has 9 heavy (non-hydrogen) atoms. The molecule has 1 atom stereocenters. The molecule has 2 N–H and O–H groups in total. The molecule has 0 amide bonds. The van der Waals surface area contributed by atoms with E-state index in [1.165, 1.54) is 0 Å². The van der Waals surface area contributed by atoms with Gasteiger partial charge in [-0.05, 0) is 25.3 Å². The Labute approximate surface area is 54.8 Å². The number of rotatable bonds is 0. The maximum absolute atomic E-state index is 9.13. The Morgan fingerprint density at radius 3 is 2.67 bits per heavy atom. The molecule has 0 radical (unpaired) electrons. The van der Waals surface area contributed by atoms with Gasteiger partial charge in [0, 0.05) is 6.42 Å². The summed E-state index contributed by atoms with van der Waals surface area (Å²) >= 11 is 0. The molecule has 1 unspecified atom stereocenters. The molecule has 0 aromatic rings. The van der Waals surface area contributed by atoms with Crippen molar-refractivity contribution >= 4 is 0 Å². The summed E-state index contributed by atoms with van der Waals surface area (Å²) in [5.41, 5.74) is 0.751. The van der Waals surface area contributed by atoms with Crippen LogP contribution in [0.4, 0.5) is 0 Å². The lowest BCUT2D eigenvalue weighted by atomic mass is 9.96. The Kier molecular flexibility index (Phi) is 1.76. The third-order valence-electron chi connectivity index (χ3n) is 1.85. The van der Waals surface area contributed by atoms with Gasteiger partial charge in [-0.2, -0.15) is 0 Å². The van der Waals surface area contributed by atoms with Gasteiger partial charge in [-0.15, -0.1) is 0 Å². The van der Waals surface area contributed by atoms with E-state index in [2.05, 4.69) is 0 Å². The van der Waals surface area contributed by atoms with E-state index in [-0.39, 0.29) is 0 Å². The minimum absolute atomic E-state index is 0.383. The zero-order valence-corrected chi connectivity index (χ0v) is 5.59. The molecule has 0 aliphatic heterocycles. The van der Waals surface area contributed by atoms with Crippen LogP contribution in [0.5, 0.6) is 0 Å². The minimum Gasteiger partial charge on any atom is -0.512 e. The number of allylic oxidation sites excluding steroid dienone is 1. The molecular formula is C7H12O2. The fourth-order valence-corrected chi connectivity index (χ4v) is 1.07. The zero-order valence-electron chi connectivity index (χ0n) is 5.59. The molecule has 2 nitrogen and oxygen atoms in total. The van der Waals surface area contributed by atoms with Crippen molar-refractivity contribution in [2.75, 3.05) is 0 Å². The predicted molar refractivity (Wildman–Crippen MR) is 35.2 cm³/mol. The van der Waals surface area contributed by atoms with Crippen LogP contribution in [0.2, 0.25) is 0 Å². The van der Waals surface area contributed by atoms with Crippen LogP contribution in [-0.4, -0.2) is 16.3 Å².